The molecular weight excluding hydrogens is 230 g/mol. The lowest BCUT2D eigenvalue weighted by Crippen LogP contribution is -2.30. The van der Waals surface area contributed by atoms with Crippen LogP contribution in [0.4, 0.5) is 0 Å². The average Bonchev–Trinajstić information content (AvgIpc) is 2.84. The van der Waals surface area contributed by atoms with Crippen molar-refractivity contribution in [2.75, 3.05) is 6.54 Å². The van der Waals surface area contributed by atoms with Crippen molar-refractivity contribution in [2.24, 2.45) is 0 Å². The van der Waals surface area contributed by atoms with Gasteiger partial charge in [-0.1, -0.05) is 6.92 Å². The number of hydrogen-bond acceptors (Lipinski definition) is 3. The van der Waals surface area contributed by atoms with Crippen LogP contribution in [0.3, 0.4) is 0 Å². The second-order valence-corrected chi connectivity index (χ2v) is 5.66. The largest absolute Gasteiger partial charge is 0.449 e. The molecular formula is C11H16ClNOS. The van der Waals surface area contributed by atoms with Crippen LogP contribution in [0.15, 0.2) is 16.5 Å². The minimum Gasteiger partial charge on any atom is -0.449 e. The minimum atomic E-state index is 0.484. The van der Waals surface area contributed by atoms with Gasteiger partial charge in [-0.15, -0.1) is 11.8 Å². The quantitative estimate of drug-likeness (QED) is 0.881. The van der Waals surface area contributed by atoms with Crippen LogP contribution in [0.2, 0.25) is 5.22 Å². The fraction of sp³-hybridized carbons (Fsp3) is 0.636. The summed E-state index contributed by atoms with van der Waals surface area (Å²) in [5.41, 5.74) is 0. The Morgan fingerprint density at radius 3 is 3.13 bits per heavy atom. The smallest absolute Gasteiger partial charge is 0.193 e. The fourth-order valence-corrected chi connectivity index (χ4v) is 3.08. The zero-order chi connectivity index (χ0) is 10.7. The SMILES string of the molecule is CC(SCc1ccc(Cl)o1)C1CCCN1. The van der Waals surface area contributed by atoms with Crippen molar-refractivity contribution in [3.8, 4) is 0 Å². The fourth-order valence-electron chi connectivity index (χ4n) is 1.87. The standard InChI is InChI=1S/C11H16ClNOS/c1-8(10-3-2-6-13-10)15-7-9-4-5-11(12)14-9/h4-5,8,10,13H,2-3,6-7H2,1H3. The minimum absolute atomic E-state index is 0.484. The van der Waals surface area contributed by atoms with Gasteiger partial charge in [0.25, 0.3) is 0 Å². The van der Waals surface area contributed by atoms with Crippen molar-refractivity contribution < 1.29 is 4.42 Å². The molecule has 0 radical (unpaired) electrons. The number of halogens is 1. The summed E-state index contributed by atoms with van der Waals surface area (Å²) in [5.74, 6) is 1.88. The molecule has 0 aromatic carbocycles. The highest BCUT2D eigenvalue weighted by Crippen LogP contribution is 2.25. The lowest BCUT2D eigenvalue weighted by molar-refractivity contribution is 0.531. The molecule has 2 unspecified atom stereocenters. The van der Waals surface area contributed by atoms with Crippen LogP contribution in [0, 0.1) is 0 Å². The van der Waals surface area contributed by atoms with Crippen LogP contribution >= 0.6 is 23.4 Å². The molecule has 1 aliphatic rings. The monoisotopic (exact) mass is 245 g/mol. The van der Waals surface area contributed by atoms with E-state index in [-0.39, 0.29) is 0 Å². The van der Waals surface area contributed by atoms with Gasteiger partial charge in [0, 0.05) is 11.3 Å². The van der Waals surface area contributed by atoms with Gasteiger partial charge in [-0.3, -0.25) is 0 Å². The topological polar surface area (TPSA) is 25.2 Å². The van der Waals surface area contributed by atoms with Gasteiger partial charge in [-0.2, -0.15) is 0 Å². The maximum absolute atomic E-state index is 5.71. The highest BCUT2D eigenvalue weighted by molar-refractivity contribution is 7.99. The molecule has 2 atom stereocenters. The van der Waals surface area contributed by atoms with Gasteiger partial charge >= 0.3 is 0 Å². The lowest BCUT2D eigenvalue weighted by atomic mass is 10.2. The van der Waals surface area contributed by atoms with Gasteiger partial charge in [0.2, 0.25) is 0 Å². The van der Waals surface area contributed by atoms with Crippen LogP contribution in [0.1, 0.15) is 25.5 Å². The van der Waals surface area contributed by atoms with Crippen LogP contribution in [0.5, 0.6) is 0 Å². The van der Waals surface area contributed by atoms with Crippen LogP contribution < -0.4 is 5.32 Å². The maximum Gasteiger partial charge on any atom is 0.193 e. The van der Waals surface area contributed by atoms with Crippen molar-refractivity contribution in [1.82, 2.24) is 5.32 Å². The first-order chi connectivity index (χ1) is 7.25. The van der Waals surface area contributed by atoms with Crippen molar-refractivity contribution in [3.63, 3.8) is 0 Å². The highest BCUT2D eigenvalue weighted by Gasteiger charge is 2.21. The van der Waals surface area contributed by atoms with Gasteiger partial charge in [0.15, 0.2) is 5.22 Å². The third-order valence-electron chi connectivity index (χ3n) is 2.78. The van der Waals surface area contributed by atoms with E-state index in [9.17, 15) is 0 Å². The second-order valence-electron chi connectivity index (χ2n) is 3.92. The van der Waals surface area contributed by atoms with Crippen molar-refractivity contribution in [3.05, 3.63) is 23.1 Å². The first-order valence-corrected chi connectivity index (χ1v) is 6.77. The summed E-state index contributed by atoms with van der Waals surface area (Å²) >= 11 is 7.64. The number of rotatable bonds is 4. The molecule has 0 bridgehead atoms. The molecule has 1 N–H and O–H groups in total. The van der Waals surface area contributed by atoms with E-state index < -0.39 is 0 Å². The van der Waals surface area contributed by atoms with Gasteiger partial charge in [0.1, 0.15) is 5.76 Å². The Morgan fingerprint density at radius 2 is 2.53 bits per heavy atom. The van der Waals surface area contributed by atoms with Crippen LogP contribution in [0.25, 0.3) is 0 Å². The number of thioether (sulfide) groups is 1. The summed E-state index contributed by atoms with van der Waals surface area (Å²) in [5, 5.41) is 4.64. The predicted molar refractivity (Wildman–Crippen MR) is 65.5 cm³/mol. The van der Waals surface area contributed by atoms with E-state index in [1.54, 1.807) is 6.07 Å². The first kappa shape index (κ1) is 11.4. The molecule has 1 aromatic rings. The van der Waals surface area contributed by atoms with Gasteiger partial charge in [0.05, 0.1) is 5.75 Å². The third kappa shape index (κ3) is 3.16. The molecule has 4 heteroatoms. The van der Waals surface area contributed by atoms with E-state index in [0.29, 0.717) is 16.5 Å². The van der Waals surface area contributed by atoms with E-state index in [1.807, 2.05) is 17.8 Å². The summed E-state index contributed by atoms with van der Waals surface area (Å²) < 4.78 is 5.32. The number of nitrogens with one attached hydrogen (secondary N) is 1. The van der Waals surface area contributed by atoms with Crippen molar-refractivity contribution in [1.29, 1.82) is 0 Å². The summed E-state index contributed by atoms with van der Waals surface area (Å²) in [6.07, 6.45) is 2.61. The molecule has 2 rings (SSSR count). The van der Waals surface area contributed by atoms with Gasteiger partial charge in [-0.25, -0.2) is 0 Å². The second kappa shape index (κ2) is 5.28. The lowest BCUT2D eigenvalue weighted by Gasteiger charge is -2.18. The normalized spacial score (nSPS) is 23.2. The molecule has 1 aromatic heterocycles. The highest BCUT2D eigenvalue weighted by atomic mass is 35.5. The Balaban J connectivity index is 1.77. The van der Waals surface area contributed by atoms with E-state index in [1.165, 1.54) is 19.4 Å². The van der Waals surface area contributed by atoms with E-state index >= 15 is 0 Å². The summed E-state index contributed by atoms with van der Waals surface area (Å²) in [4.78, 5) is 0. The Bertz CT molecular complexity index is 309. The van der Waals surface area contributed by atoms with E-state index in [0.717, 1.165) is 11.5 Å². The Kier molecular flexibility index (Phi) is 4.00. The molecule has 0 amide bonds. The maximum atomic E-state index is 5.71. The molecule has 0 aliphatic carbocycles. The molecule has 1 saturated heterocycles. The summed E-state index contributed by atoms with van der Waals surface area (Å²) in [6.45, 7) is 3.44. The van der Waals surface area contributed by atoms with Crippen molar-refractivity contribution in [2.45, 2.75) is 36.8 Å². The summed E-state index contributed by atoms with van der Waals surface area (Å²) in [6, 6.07) is 4.42. The predicted octanol–water partition coefficient (Wildman–Crippen LogP) is 3.31. The average molecular weight is 246 g/mol. The van der Waals surface area contributed by atoms with Gasteiger partial charge < -0.3 is 9.73 Å². The number of furan rings is 1. The zero-order valence-electron chi connectivity index (χ0n) is 8.83. The molecule has 1 fully saturated rings. The van der Waals surface area contributed by atoms with E-state index in [4.69, 9.17) is 16.0 Å². The molecule has 0 spiro atoms. The molecule has 0 saturated carbocycles. The molecule has 15 heavy (non-hydrogen) atoms. The Morgan fingerprint density at radius 1 is 1.67 bits per heavy atom. The van der Waals surface area contributed by atoms with Crippen LogP contribution in [-0.2, 0) is 5.75 Å². The van der Waals surface area contributed by atoms with E-state index in [2.05, 4.69) is 12.2 Å². The molecule has 84 valence electrons. The summed E-state index contributed by atoms with van der Waals surface area (Å²) in [7, 11) is 0. The molecule has 2 nitrogen and oxygen atoms in total. The van der Waals surface area contributed by atoms with Gasteiger partial charge in [-0.05, 0) is 43.1 Å². The van der Waals surface area contributed by atoms with Crippen molar-refractivity contribution >= 4 is 23.4 Å². The first-order valence-electron chi connectivity index (χ1n) is 5.35. The van der Waals surface area contributed by atoms with Crippen LogP contribution in [-0.4, -0.2) is 17.8 Å². The number of hydrogen-bond donors (Lipinski definition) is 1. The Hall–Kier alpha value is -0.120. The Labute approximate surface area is 99.8 Å². The third-order valence-corrected chi connectivity index (χ3v) is 4.29. The molecule has 1 aliphatic heterocycles. The molecule has 2 heterocycles. The zero-order valence-corrected chi connectivity index (χ0v) is 10.4.